The summed E-state index contributed by atoms with van der Waals surface area (Å²) in [6, 6.07) is 0.00294. The van der Waals surface area contributed by atoms with Gasteiger partial charge in [-0.05, 0) is 38.0 Å². The standard InChI is InChI=1S/C14H26N2O4/c1-13(2,3)14(4,16-12(19)20)11(18)15-9-5-7-10(17)8-6-9/h9-10,16-17H,5-8H2,1-4H3,(H,15,18)(H,19,20)/t9?,10?,14-/m0/s1. The van der Waals surface area contributed by atoms with E-state index in [1.165, 1.54) is 0 Å². The Morgan fingerprint density at radius 3 is 1.95 bits per heavy atom. The lowest BCUT2D eigenvalue weighted by Crippen LogP contribution is -2.64. The molecule has 0 aromatic rings. The molecule has 1 aliphatic carbocycles. The minimum absolute atomic E-state index is 0.00294. The van der Waals surface area contributed by atoms with Gasteiger partial charge in [0, 0.05) is 6.04 Å². The highest BCUT2D eigenvalue weighted by Crippen LogP contribution is 2.31. The Labute approximate surface area is 119 Å². The van der Waals surface area contributed by atoms with E-state index in [9.17, 15) is 14.7 Å². The third kappa shape index (κ3) is 3.85. The zero-order valence-electron chi connectivity index (χ0n) is 12.7. The van der Waals surface area contributed by atoms with Crippen LogP contribution < -0.4 is 10.6 Å². The summed E-state index contributed by atoms with van der Waals surface area (Å²) >= 11 is 0. The van der Waals surface area contributed by atoms with Crippen LogP contribution in [0.3, 0.4) is 0 Å². The lowest BCUT2D eigenvalue weighted by molar-refractivity contribution is -0.132. The monoisotopic (exact) mass is 286 g/mol. The van der Waals surface area contributed by atoms with Crippen LogP contribution in [0.25, 0.3) is 0 Å². The third-order valence-corrected chi connectivity index (χ3v) is 4.34. The van der Waals surface area contributed by atoms with E-state index in [1.807, 2.05) is 20.8 Å². The van der Waals surface area contributed by atoms with Crippen LogP contribution >= 0.6 is 0 Å². The molecule has 0 radical (unpaired) electrons. The van der Waals surface area contributed by atoms with E-state index >= 15 is 0 Å². The van der Waals surface area contributed by atoms with Crippen LogP contribution in [-0.4, -0.2) is 39.9 Å². The van der Waals surface area contributed by atoms with E-state index in [-0.39, 0.29) is 18.1 Å². The van der Waals surface area contributed by atoms with Crippen LogP contribution in [0.15, 0.2) is 0 Å². The molecule has 1 fully saturated rings. The molecule has 116 valence electrons. The largest absolute Gasteiger partial charge is 0.465 e. The summed E-state index contributed by atoms with van der Waals surface area (Å²) in [5.74, 6) is -0.311. The normalized spacial score (nSPS) is 26.4. The van der Waals surface area contributed by atoms with E-state index in [0.29, 0.717) is 12.8 Å². The van der Waals surface area contributed by atoms with Gasteiger partial charge in [0.25, 0.3) is 0 Å². The number of amides is 2. The molecule has 0 bridgehead atoms. The number of carbonyl (C=O) groups is 2. The van der Waals surface area contributed by atoms with Gasteiger partial charge in [-0.2, -0.15) is 0 Å². The van der Waals surface area contributed by atoms with Crippen molar-refractivity contribution in [3.63, 3.8) is 0 Å². The van der Waals surface area contributed by atoms with Crippen molar-refractivity contribution < 1.29 is 19.8 Å². The van der Waals surface area contributed by atoms with Gasteiger partial charge in [0.2, 0.25) is 5.91 Å². The van der Waals surface area contributed by atoms with E-state index in [2.05, 4.69) is 10.6 Å². The molecule has 6 nitrogen and oxygen atoms in total. The van der Waals surface area contributed by atoms with Crippen molar-refractivity contribution in [2.75, 3.05) is 0 Å². The van der Waals surface area contributed by atoms with Gasteiger partial charge >= 0.3 is 6.09 Å². The van der Waals surface area contributed by atoms with Gasteiger partial charge in [-0.1, -0.05) is 20.8 Å². The van der Waals surface area contributed by atoms with Gasteiger partial charge in [-0.3, -0.25) is 4.79 Å². The number of rotatable bonds is 3. The summed E-state index contributed by atoms with van der Waals surface area (Å²) in [5.41, 5.74) is -1.75. The number of aliphatic hydroxyl groups excluding tert-OH is 1. The summed E-state index contributed by atoms with van der Waals surface area (Å²) in [4.78, 5) is 23.5. The van der Waals surface area contributed by atoms with E-state index in [0.717, 1.165) is 12.8 Å². The zero-order valence-corrected chi connectivity index (χ0v) is 12.7. The van der Waals surface area contributed by atoms with E-state index in [1.54, 1.807) is 6.92 Å². The fourth-order valence-electron chi connectivity index (χ4n) is 2.35. The van der Waals surface area contributed by atoms with Gasteiger partial charge in [0.15, 0.2) is 0 Å². The molecule has 2 amide bonds. The fraction of sp³-hybridized carbons (Fsp3) is 0.857. The predicted molar refractivity (Wildman–Crippen MR) is 75.4 cm³/mol. The molecule has 6 heteroatoms. The molecule has 0 saturated heterocycles. The Bertz CT molecular complexity index is 370. The van der Waals surface area contributed by atoms with Gasteiger partial charge in [-0.25, -0.2) is 4.79 Å². The van der Waals surface area contributed by atoms with Gasteiger partial charge < -0.3 is 20.8 Å². The van der Waals surface area contributed by atoms with Gasteiger partial charge in [0.1, 0.15) is 5.54 Å². The molecule has 1 rings (SSSR count). The fourth-order valence-corrected chi connectivity index (χ4v) is 2.35. The van der Waals surface area contributed by atoms with Crippen LogP contribution in [-0.2, 0) is 4.79 Å². The first kappa shape index (κ1) is 16.8. The maximum absolute atomic E-state index is 12.5. The highest BCUT2D eigenvalue weighted by atomic mass is 16.4. The smallest absolute Gasteiger partial charge is 0.405 e. The van der Waals surface area contributed by atoms with Crippen LogP contribution in [0.1, 0.15) is 53.4 Å². The first-order valence-electron chi connectivity index (χ1n) is 7.06. The third-order valence-electron chi connectivity index (χ3n) is 4.34. The number of hydrogen-bond donors (Lipinski definition) is 4. The predicted octanol–water partition coefficient (Wildman–Crippen LogP) is 1.48. The SMILES string of the molecule is CC(C)(C)[C@@](C)(NC(=O)O)C(=O)NC1CCC(O)CC1. The topological polar surface area (TPSA) is 98.7 Å². The van der Waals surface area contributed by atoms with Gasteiger partial charge in [-0.15, -0.1) is 0 Å². The summed E-state index contributed by atoms with van der Waals surface area (Å²) in [6.07, 6.45) is 1.29. The molecule has 1 aliphatic rings. The molecule has 0 spiro atoms. The van der Waals surface area contributed by atoms with E-state index < -0.39 is 17.0 Å². The Kier molecular flexibility index (Phi) is 5.02. The highest BCUT2D eigenvalue weighted by molar-refractivity contribution is 5.90. The first-order valence-corrected chi connectivity index (χ1v) is 7.06. The molecule has 0 aliphatic heterocycles. The maximum atomic E-state index is 12.5. The Morgan fingerprint density at radius 2 is 1.55 bits per heavy atom. The van der Waals surface area contributed by atoms with Crippen molar-refractivity contribution in [3.05, 3.63) is 0 Å². The van der Waals surface area contributed by atoms with Crippen molar-refractivity contribution in [3.8, 4) is 0 Å². The van der Waals surface area contributed by atoms with Crippen LogP contribution in [0.4, 0.5) is 4.79 Å². The number of carbonyl (C=O) groups excluding carboxylic acids is 1. The second-order valence-electron chi connectivity index (χ2n) is 6.78. The van der Waals surface area contributed by atoms with Crippen molar-refractivity contribution >= 4 is 12.0 Å². The quantitative estimate of drug-likeness (QED) is 0.631. The minimum Gasteiger partial charge on any atom is -0.465 e. The molecule has 4 N–H and O–H groups in total. The van der Waals surface area contributed by atoms with Crippen LogP contribution in [0.2, 0.25) is 0 Å². The molecule has 1 saturated carbocycles. The maximum Gasteiger partial charge on any atom is 0.405 e. The van der Waals surface area contributed by atoms with Gasteiger partial charge in [0.05, 0.1) is 6.10 Å². The molecular formula is C14H26N2O4. The number of hydrogen-bond acceptors (Lipinski definition) is 3. The summed E-state index contributed by atoms with van der Waals surface area (Å²) in [7, 11) is 0. The zero-order chi connectivity index (χ0) is 15.6. The van der Waals surface area contributed by atoms with Crippen molar-refractivity contribution in [2.45, 2.75) is 71.1 Å². The highest BCUT2D eigenvalue weighted by Gasteiger charge is 2.46. The molecule has 0 aromatic carbocycles. The number of aliphatic hydroxyl groups is 1. The van der Waals surface area contributed by atoms with Crippen LogP contribution in [0.5, 0.6) is 0 Å². The molecule has 0 aromatic heterocycles. The number of carboxylic acid groups (broad SMARTS) is 1. The lowest BCUT2D eigenvalue weighted by atomic mass is 9.74. The van der Waals surface area contributed by atoms with Crippen molar-refractivity contribution in [1.29, 1.82) is 0 Å². The Morgan fingerprint density at radius 1 is 1.05 bits per heavy atom. The minimum atomic E-state index is -1.21. The van der Waals surface area contributed by atoms with Crippen molar-refractivity contribution in [2.24, 2.45) is 5.41 Å². The molecule has 20 heavy (non-hydrogen) atoms. The van der Waals surface area contributed by atoms with Crippen molar-refractivity contribution in [1.82, 2.24) is 10.6 Å². The lowest BCUT2D eigenvalue weighted by Gasteiger charge is -2.41. The average Bonchev–Trinajstić information content (AvgIpc) is 2.29. The van der Waals surface area contributed by atoms with Crippen LogP contribution in [0, 0.1) is 5.41 Å². The second-order valence-corrected chi connectivity index (χ2v) is 6.78. The molecule has 0 heterocycles. The Hall–Kier alpha value is -1.30. The molecule has 0 unspecified atom stereocenters. The summed E-state index contributed by atoms with van der Waals surface area (Å²) in [6.45, 7) is 7.08. The van der Waals surface area contributed by atoms with E-state index in [4.69, 9.17) is 5.11 Å². The Balaban J connectivity index is 2.76. The molecule has 1 atom stereocenters. The average molecular weight is 286 g/mol. The second kappa shape index (κ2) is 5.99. The summed E-state index contributed by atoms with van der Waals surface area (Å²) in [5, 5.41) is 23.7. The first-order chi connectivity index (χ1) is 9.06. The number of nitrogens with one attached hydrogen (secondary N) is 2. The summed E-state index contributed by atoms with van der Waals surface area (Å²) < 4.78 is 0. The molecular weight excluding hydrogens is 260 g/mol.